The van der Waals surface area contributed by atoms with E-state index in [1.54, 1.807) is 12.1 Å². The van der Waals surface area contributed by atoms with E-state index in [0.29, 0.717) is 4.47 Å². The largest absolute Gasteiger partial charge is 0.480 e. The van der Waals surface area contributed by atoms with Gasteiger partial charge in [0.2, 0.25) is 0 Å². The van der Waals surface area contributed by atoms with Gasteiger partial charge >= 0.3 is 12.0 Å². The van der Waals surface area contributed by atoms with Crippen molar-refractivity contribution in [3.8, 4) is 0 Å². The summed E-state index contributed by atoms with van der Waals surface area (Å²) in [6.07, 6.45) is -0.877. The van der Waals surface area contributed by atoms with Crippen molar-refractivity contribution in [2.24, 2.45) is 0 Å². The second kappa shape index (κ2) is 6.39. The first kappa shape index (κ1) is 16.4. The second-order valence-electron chi connectivity index (χ2n) is 4.57. The van der Waals surface area contributed by atoms with Crippen LogP contribution in [0.25, 0.3) is 0 Å². The summed E-state index contributed by atoms with van der Waals surface area (Å²) >= 11 is 15.2. The van der Waals surface area contributed by atoms with E-state index in [-0.39, 0.29) is 28.7 Å². The predicted molar refractivity (Wildman–Crippen MR) is 81.9 cm³/mol. The average Bonchev–Trinajstić information content (AvgIpc) is 2.76. The van der Waals surface area contributed by atoms with Gasteiger partial charge in [0.05, 0.1) is 21.8 Å². The normalized spacial score (nSPS) is 21.4. The Balaban J connectivity index is 2.20. The molecule has 1 aromatic rings. The van der Waals surface area contributed by atoms with Crippen molar-refractivity contribution in [2.75, 3.05) is 11.9 Å². The van der Waals surface area contributed by atoms with E-state index in [0.717, 1.165) is 4.90 Å². The fraction of sp³-hybridized carbons (Fsp3) is 0.333. The van der Waals surface area contributed by atoms with E-state index in [2.05, 4.69) is 21.2 Å². The Labute approximate surface area is 138 Å². The highest BCUT2D eigenvalue weighted by atomic mass is 79.9. The van der Waals surface area contributed by atoms with Gasteiger partial charge in [-0.3, -0.25) is 0 Å². The first-order valence-corrected chi connectivity index (χ1v) is 7.47. The van der Waals surface area contributed by atoms with Crippen molar-refractivity contribution in [2.45, 2.75) is 18.6 Å². The molecule has 21 heavy (non-hydrogen) atoms. The smallest absolute Gasteiger partial charge is 0.326 e. The molecular weight excluding hydrogens is 387 g/mol. The minimum Gasteiger partial charge on any atom is -0.480 e. The van der Waals surface area contributed by atoms with Crippen LogP contribution in [0.3, 0.4) is 0 Å². The highest BCUT2D eigenvalue weighted by Crippen LogP contribution is 2.34. The molecule has 0 bridgehead atoms. The van der Waals surface area contributed by atoms with Crippen LogP contribution in [0.2, 0.25) is 10.0 Å². The number of hydrogen-bond donors (Lipinski definition) is 3. The first-order valence-electron chi connectivity index (χ1n) is 5.92. The van der Waals surface area contributed by atoms with E-state index in [1.165, 1.54) is 0 Å². The number of nitrogens with one attached hydrogen (secondary N) is 1. The van der Waals surface area contributed by atoms with Crippen molar-refractivity contribution >= 4 is 56.8 Å². The number of aliphatic hydroxyl groups excluding tert-OH is 1. The van der Waals surface area contributed by atoms with Gasteiger partial charge in [-0.05, 0) is 12.1 Å². The van der Waals surface area contributed by atoms with E-state index in [9.17, 15) is 14.7 Å². The number of likely N-dealkylation sites (tertiary alicyclic amines) is 1. The highest BCUT2D eigenvalue weighted by Gasteiger charge is 2.39. The van der Waals surface area contributed by atoms with Gasteiger partial charge in [-0.25, -0.2) is 9.59 Å². The lowest BCUT2D eigenvalue weighted by Crippen LogP contribution is -2.43. The van der Waals surface area contributed by atoms with Crippen LogP contribution in [-0.2, 0) is 4.79 Å². The average molecular weight is 398 g/mol. The van der Waals surface area contributed by atoms with Crippen LogP contribution in [0, 0.1) is 0 Å². The molecule has 3 N–H and O–H groups in total. The zero-order chi connectivity index (χ0) is 15.7. The number of nitrogens with zero attached hydrogens (tertiary/aromatic N) is 1. The third-order valence-electron chi connectivity index (χ3n) is 3.06. The fourth-order valence-corrected chi connectivity index (χ4v) is 3.42. The molecule has 2 atom stereocenters. The molecule has 0 spiro atoms. The maximum Gasteiger partial charge on any atom is 0.326 e. The van der Waals surface area contributed by atoms with Gasteiger partial charge in [-0.15, -0.1) is 0 Å². The van der Waals surface area contributed by atoms with Crippen molar-refractivity contribution in [1.82, 2.24) is 4.90 Å². The summed E-state index contributed by atoms with van der Waals surface area (Å²) in [6, 6.07) is 1.35. The molecule has 114 valence electrons. The van der Waals surface area contributed by atoms with Gasteiger partial charge in [0.1, 0.15) is 6.04 Å². The first-order chi connectivity index (χ1) is 9.79. The molecule has 1 saturated heterocycles. The molecule has 1 fully saturated rings. The quantitative estimate of drug-likeness (QED) is 0.715. The van der Waals surface area contributed by atoms with Crippen LogP contribution < -0.4 is 5.32 Å². The molecule has 1 aliphatic heterocycles. The molecule has 1 heterocycles. The molecule has 9 heteroatoms. The molecule has 1 aliphatic rings. The Morgan fingerprint density at radius 3 is 2.43 bits per heavy atom. The maximum absolute atomic E-state index is 12.2. The van der Waals surface area contributed by atoms with Crippen LogP contribution in [0.15, 0.2) is 16.6 Å². The molecule has 2 amide bonds. The van der Waals surface area contributed by atoms with E-state index >= 15 is 0 Å². The summed E-state index contributed by atoms with van der Waals surface area (Å²) in [5.74, 6) is -1.17. The summed E-state index contributed by atoms with van der Waals surface area (Å²) in [7, 11) is 0. The Morgan fingerprint density at radius 2 is 1.90 bits per heavy atom. The van der Waals surface area contributed by atoms with E-state index < -0.39 is 24.1 Å². The number of β-amino-alcohol motifs (C(OH)–C–C–N with tert-alkyl or cyclic N) is 1. The number of carbonyl (C=O) groups is 2. The Hall–Kier alpha value is -1.02. The maximum atomic E-state index is 12.2. The summed E-state index contributed by atoms with van der Waals surface area (Å²) in [4.78, 5) is 24.3. The number of aliphatic carboxylic acids is 1. The lowest BCUT2D eigenvalue weighted by atomic mass is 10.2. The van der Waals surface area contributed by atoms with Gasteiger partial charge in [0.25, 0.3) is 0 Å². The van der Waals surface area contributed by atoms with Crippen molar-refractivity contribution in [3.05, 3.63) is 26.7 Å². The molecule has 0 saturated carbocycles. The van der Waals surface area contributed by atoms with Crippen molar-refractivity contribution in [3.63, 3.8) is 0 Å². The number of anilines is 1. The minimum absolute atomic E-state index is 0.00937. The summed E-state index contributed by atoms with van der Waals surface area (Å²) < 4.78 is 0.649. The summed E-state index contributed by atoms with van der Waals surface area (Å²) in [5, 5.41) is 21.5. The van der Waals surface area contributed by atoms with E-state index in [4.69, 9.17) is 28.3 Å². The third kappa shape index (κ3) is 3.60. The summed E-state index contributed by atoms with van der Waals surface area (Å²) in [6.45, 7) is -0.0609. The lowest BCUT2D eigenvalue weighted by molar-refractivity contribution is -0.141. The van der Waals surface area contributed by atoms with Crippen LogP contribution in [0.1, 0.15) is 6.42 Å². The molecule has 0 aliphatic carbocycles. The number of aliphatic hydroxyl groups is 1. The number of rotatable bonds is 2. The Bertz CT molecular complexity index is 576. The third-order valence-corrected chi connectivity index (χ3v) is 4.12. The minimum atomic E-state index is -1.17. The topological polar surface area (TPSA) is 89.9 Å². The Kier molecular flexibility index (Phi) is 4.98. The number of carbonyl (C=O) groups excluding carboxylic acids is 1. The number of carboxylic acids is 1. The molecule has 6 nitrogen and oxygen atoms in total. The zero-order valence-corrected chi connectivity index (χ0v) is 13.6. The van der Waals surface area contributed by atoms with Crippen LogP contribution in [0.5, 0.6) is 0 Å². The standard InChI is InChI=1S/C12H11BrCl2N2O4/c13-5-1-7(14)10(8(15)2-5)16-12(21)17-4-6(18)3-9(17)11(19)20/h1-2,6,9,18H,3-4H2,(H,16,21)(H,19,20)/t6-,9-/m0/s1. The molecule has 1 aromatic carbocycles. The van der Waals surface area contributed by atoms with Gasteiger partial charge in [-0.1, -0.05) is 39.1 Å². The van der Waals surface area contributed by atoms with Gasteiger partial charge < -0.3 is 20.4 Å². The zero-order valence-electron chi connectivity index (χ0n) is 10.5. The number of benzene rings is 1. The van der Waals surface area contributed by atoms with Crippen molar-refractivity contribution < 1.29 is 19.8 Å². The van der Waals surface area contributed by atoms with Crippen molar-refractivity contribution in [1.29, 1.82) is 0 Å². The molecule has 0 aromatic heterocycles. The van der Waals surface area contributed by atoms with Crippen LogP contribution in [0.4, 0.5) is 10.5 Å². The number of urea groups is 1. The monoisotopic (exact) mass is 396 g/mol. The number of amides is 2. The van der Waals surface area contributed by atoms with Gasteiger partial charge in [0, 0.05) is 17.4 Å². The second-order valence-corrected chi connectivity index (χ2v) is 6.30. The summed E-state index contributed by atoms with van der Waals surface area (Å²) in [5.41, 5.74) is 0.192. The molecule has 2 rings (SSSR count). The molecule has 0 unspecified atom stereocenters. The Morgan fingerprint density at radius 1 is 1.33 bits per heavy atom. The SMILES string of the molecule is O=C(O)[C@@H]1C[C@H](O)CN1C(=O)Nc1c(Cl)cc(Br)cc1Cl. The number of halogens is 3. The van der Waals surface area contributed by atoms with Crippen LogP contribution >= 0.6 is 39.1 Å². The molecule has 0 radical (unpaired) electrons. The van der Waals surface area contributed by atoms with Gasteiger partial charge in [0.15, 0.2) is 0 Å². The fourth-order valence-electron chi connectivity index (χ4n) is 2.11. The highest BCUT2D eigenvalue weighted by molar-refractivity contribution is 9.10. The molecular formula is C12H11BrCl2N2O4. The van der Waals surface area contributed by atoms with Gasteiger partial charge in [-0.2, -0.15) is 0 Å². The van der Waals surface area contributed by atoms with E-state index in [1.807, 2.05) is 0 Å². The van der Waals surface area contributed by atoms with Crippen LogP contribution in [-0.4, -0.2) is 45.8 Å². The number of hydrogen-bond acceptors (Lipinski definition) is 3. The predicted octanol–water partition coefficient (Wildman–Crippen LogP) is 2.81. The lowest BCUT2D eigenvalue weighted by Gasteiger charge is -2.22. The number of carboxylic acid groups (broad SMARTS) is 1.